The zero-order valence-electron chi connectivity index (χ0n) is 38.9. The van der Waals surface area contributed by atoms with Crippen molar-refractivity contribution in [3.8, 4) is 33.4 Å². The molecule has 4 aliphatic rings. The van der Waals surface area contributed by atoms with E-state index in [1.165, 1.54) is 125 Å². The Morgan fingerprint density at radius 1 is 0.439 bits per heavy atom. The molecule has 1 aromatic heterocycles. The first kappa shape index (κ1) is 40.1. The normalized spacial score (nSPS) is 21.9. The third-order valence-corrected chi connectivity index (χ3v) is 18.2. The second-order valence-corrected chi connectivity index (χ2v) is 22.4. The van der Waals surface area contributed by atoms with Crippen LogP contribution in [0.15, 0.2) is 176 Å². The van der Waals surface area contributed by atoms with Gasteiger partial charge in [-0.3, -0.25) is 0 Å². The summed E-state index contributed by atoms with van der Waals surface area (Å²) < 4.78 is 2.67. The molecule has 0 aliphatic heterocycles. The summed E-state index contributed by atoms with van der Waals surface area (Å²) in [5.74, 6) is 2.11. The van der Waals surface area contributed by atoms with Crippen molar-refractivity contribution in [2.75, 3.05) is 4.90 Å². The molecular weight excluding hydrogens is 815 g/mol. The summed E-state index contributed by atoms with van der Waals surface area (Å²) in [4.78, 5) is 2.56. The zero-order valence-corrected chi connectivity index (χ0v) is 39.7. The largest absolute Gasteiger partial charge is 0.310 e. The Morgan fingerprint density at radius 2 is 0.985 bits per heavy atom. The number of hydrogen-bond donors (Lipinski definition) is 0. The summed E-state index contributed by atoms with van der Waals surface area (Å²) in [5.41, 5.74) is 20.2. The number of benzene rings is 8. The maximum absolute atomic E-state index is 2.61. The Morgan fingerprint density at radius 3 is 1.76 bits per heavy atom. The SMILES string of the molecule is C[C@@H]1C[C@H]2CCC[C@@H](C1)C21c2ccccc2C(C)(C)c2cc(N(c3ccc(-c4ccccc4-c4cccc5sc6ccccc6c45)cc3)c3ccc4c(c3)C(C)(C)c3ccccc3-4)ccc21. The maximum Gasteiger partial charge on any atom is 0.0465 e. The maximum atomic E-state index is 2.61. The van der Waals surface area contributed by atoms with Crippen LogP contribution in [0.2, 0.25) is 0 Å². The first-order chi connectivity index (χ1) is 32.1. The van der Waals surface area contributed by atoms with Gasteiger partial charge in [-0.05, 0) is 159 Å². The molecule has 2 heteroatoms. The van der Waals surface area contributed by atoms with Crippen LogP contribution in [0.1, 0.15) is 100 Å². The van der Waals surface area contributed by atoms with E-state index in [0.29, 0.717) is 11.8 Å². The summed E-state index contributed by atoms with van der Waals surface area (Å²) >= 11 is 1.89. The van der Waals surface area contributed by atoms with Crippen LogP contribution in [0.4, 0.5) is 17.1 Å². The van der Waals surface area contributed by atoms with Crippen LogP contribution in [0.5, 0.6) is 0 Å². The highest BCUT2D eigenvalue weighted by Gasteiger charge is 2.58. The number of fused-ring (bicyclic) bond motifs is 8. The first-order valence-electron chi connectivity index (χ1n) is 24.5. The highest BCUT2D eigenvalue weighted by Crippen LogP contribution is 2.65. The van der Waals surface area contributed by atoms with Gasteiger partial charge in [0.2, 0.25) is 0 Å². The first-order valence-corrected chi connectivity index (χ1v) is 25.4. The molecule has 4 aliphatic carbocycles. The van der Waals surface area contributed by atoms with Crippen molar-refractivity contribution in [2.24, 2.45) is 17.8 Å². The molecule has 9 aromatic rings. The van der Waals surface area contributed by atoms with Gasteiger partial charge in [-0.25, -0.2) is 0 Å². The molecule has 0 saturated heterocycles. The third-order valence-electron chi connectivity index (χ3n) is 17.1. The number of anilines is 3. The van der Waals surface area contributed by atoms with Crippen LogP contribution in [-0.4, -0.2) is 0 Å². The van der Waals surface area contributed by atoms with Crippen LogP contribution < -0.4 is 4.90 Å². The topological polar surface area (TPSA) is 3.24 Å². The Labute approximate surface area is 394 Å². The predicted molar refractivity (Wildman–Crippen MR) is 281 cm³/mol. The molecule has 0 amide bonds. The van der Waals surface area contributed by atoms with E-state index in [9.17, 15) is 0 Å². The van der Waals surface area contributed by atoms with E-state index < -0.39 is 0 Å². The minimum absolute atomic E-state index is 0.0631. The highest BCUT2D eigenvalue weighted by atomic mass is 32.1. The summed E-state index contributed by atoms with van der Waals surface area (Å²) in [6.07, 6.45) is 6.65. The molecule has 4 atom stereocenters. The minimum atomic E-state index is -0.151. The Hall–Kier alpha value is -6.22. The van der Waals surface area contributed by atoms with Crippen molar-refractivity contribution >= 4 is 48.6 Å². The van der Waals surface area contributed by atoms with Crippen molar-refractivity contribution in [2.45, 2.75) is 83.0 Å². The number of rotatable bonds is 5. The summed E-state index contributed by atoms with van der Waals surface area (Å²) in [7, 11) is 0. The lowest BCUT2D eigenvalue weighted by atomic mass is 9.43. The summed E-state index contributed by atoms with van der Waals surface area (Å²) in [5, 5.41) is 2.68. The fourth-order valence-electron chi connectivity index (χ4n) is 14.2. The average molecular weight is 872 g/mol. The van der Waals surface area contributed by atoms with Gasteiger partial charge in [0.25, 0.3) is 0 Å². The van der Waals surface area contributed by atoms with Crippen molar-refractivity contribution in [1.82, 2.24) is 0 Å². The molecule has 13 rings (SSSR count). The van der Waals surface area contributed by atoms with Gasteiger partial charge < -0.3 is 4.90 Å². The summed E-state index contributed by atoms with van der Waals surface area (Å²) in [6.45, 7) is 12.3. The van der Waals surface area contributed by atoms with Gasteiger partial charge in [-0.1, -0.05) is 168 Å². The molecule has 1 spiro atoms. The zero-order chi connectivity index (χ0) is 44.5. The fourth-order valence-corrected chi connectivity index (χ4v) is 15.4. The van der Waals surface area contributed by atoms with Gasteiger partial charge in [0.15, 0.2) is 0 Å². The molecule has 2 saturated carbocycles. The minimum Gasteiger partial charge on any atom is -0.310 e. The Balaban J connectivity index is 0.984. The number of nitrogens with zero attached hydrogens (tertiary/aromatic N) is 1. The molecule has 0 N–H and O–H groups in total. The smallest absolute Gasteiger partial charge is 0.0465 e. The van der Waals surface area contributed by atoms with Crippen molar-refractivity contribution in [3.05, 3.63) is 209 Å². The molecule has 0 radical (unpaired) electrons. The second kappa shape index (κ2) is 14.6. The van der Waals surface area contributed by atoms with Crippen LogP contribution in [0.3, 0.4) is 0 Å². The van der Waals surface area contributed by atoms with E-state index in [1.807, 2.05) is 11.3 Å². The molecule has 2 bridgehead atoms. The fraction of sp³-hybridized carbons (Fsp3) is 0.250. The Bertz CT molecular complexity index is 3380. The lowest BCUT2D eigenvalue weighted by Gasteiger charge is -2.60. The molecule has 1 unspecified atom stereocenters. The van der Waals surface area contributed by atoms with Gasteiger partial charge in [0, 0.05) is 53.5 Å². The molecule has 66 heavy (non-hydrogen) atoms. The van der Waals surface area contributed by atoms with Crippen LogP contribution in [0.25, 0.3) is 53.6 Å². The van der Waals surface area contributed by atoms with Crippen molar-refractivity contribution in [1.29, 1.82) is 0 Å². The van der Waals surface area contributed by atoms with E-state index in [1.54, 1.807) is 11.1 Å². The van der Waals surface area contributed by atoms with Crippen LogP contribution >= 0.6 is 11.3 Å². The highest BCUT2D eigenvalue weighted by molar-refractivity contribution is 7.25. The van der Waals surface area contributed by atoms with Crippen molar-refractivity contribution in [3.63, 3.8) is 0 Å². The lowest BCUT2D eigenvalue weighted by Crippen LogP contribution is -2.54. The third kappa shape index (κ3) is 5.64. The number of hydrogen-bond acceptors (Lipinski definition) is 2. The van der Waals surface area contributed by atoms with E-state index >= 15 is 0 Å². The van der Waals surface area contributed by atoms with Gasteiger partial charge in [0.05, 0.1) is 0 Å². The molecule has 2 fully saturated rings. The summed E-state index contributed by atoms with van der Waals surface area (Å²) in [6, 6.07) is 67.7. The van der Waals surface area contributed by atoms with E-state index in [2.05, 4.69) is 215 Å². The van der Waals surface area contributed by atoms with E-state index in [0.717, 1.165) is 5.92 Å². The van der Waals surface area contributed by atoms with E-state index in [4.69, 9.17) is 0 Å². The Kier molecular flexibility index (Phi) is 8.89. The van der Waals surface area contributed by atoms with Gasteiger partial charge >= 0.3 is 0 Å². The molecule has 324 valence electrons. The number of thiophene rings is 1. The molecule has 1 heterocycles. The van der Waals surface area contributed by atoms with Crippen LogP contribution in [0, 0.1) is 17.8 Å². The molecular formula is C64H57NS. The van der Waals surface area contributed by atoms with Crippen molar-refractivity contribution < 1.29 is 0 Å². The predicted octanol–water partition coefficient (Wildman–Crippen LogP) is 17.9. The van der Waals surface area contributed by atoms with Gasteiger partial charge in [0.1, 0.15) is 0 Å². The lowest BCUT2D eigenvalue weighted by molar-refractivity contribution is 0.0488. The monoisotopic (exact) mass is 871 g/mol. The van der Waals surface area contributed by atoms with Gasteiger partial charge in [-0.2, -0.15) is 0 Å². The second-order valence-electron chi connectivity index (χ2n) is 21.3. The molecule has 8 aromatic carbocycles. The van der Waals surface area contributed by atoms with Gasteiger partial charge in [-0.15, -0.1) is 11.3 Å². The van der Waals surface area contributed by atoms with Crippen LogP contribution in [-0.2, 0) is 16.2 Å². The average Bonchev–Trinajstić information content (AvgIpc) is 3.83. The standard InChI is InChI=1S/C64H57NS/c1-40-36-42-16-14-17-43(37-40)64(42)55-25-12-11-24-54(55)63(4,5)58-39-46(33-35-56(58)64)65(45-32-34-50-49-20-8-10-23-53(49)62(2,3)57(50)38-45)44-30-28-41(29-31-44)47-18-6-7-19-48(47)51-22-15-27-60-61(51)52-21-9-13-26-59(52)66-60/h6-13,15,18-35,38-40,42-43H,14,16-17,36-37H2,1-5H3/t40-,42-,43+,64?. The molecule has 1 nitrogen and oxygen atoms in total. The quantitative estimate of drug-likeness (QED) is 0.167. The van der Waals surface area contributed by atoms with E-state index in [-0.39, 0.29) is 16.2 Å².